The highest BCUT2D eigenvalue weighted by Gasteiger charge is 2.38. The van der Waals surface area contributed by atoms with Gasteiger partial charge in [0.15, 0.2) is 0 Å². The van der Waals surface area contributed by atoms with Gasteiger partial charge < -0.3 is 20.3 Å². The summed E-state index contributed by atoms with van der Waals surface area (Å²) in [5.41, 5.74) is 6.35. The van der Waals surface area contributed by atoms with Crippen molar-refractivity contribution in [3.8, 4) is 5.75 Å². The Kier molecular flexibility index (Phi) is 5.69. The van der Waals surface area contributed by atoms with Crippen molar-refractivity contribution in [3.05, 3.63) is 82.6 Å². The number of rotatable bonds is 6. The van der Waals surface area contributed by atoms with Crippen LogP contribution >= 0.6 is 0 Å². The zero-order valence-electron chi connectivity index (χ0n) is 19.9. The van der Waals surface area contributed by atoms with Gasteiger partial charge in [-0.25, -0.2) is 0 Å². The van der Waals surface area contributed by atoms with Gasteiger partial charge in [0.25, 0.3) is 5.91 Å². The molecule has 2 fully saturated rings. The molecule has 6 rings (SSSR count). The van der Waals surface area contributed by atoms with Gasteiger partial charge in [-0.2, -0.15) is 0 Å². The van der Waals surface area contributed by atoms with E-state index in [0.29, 0.717) is 31.0 Å². The van der Waals surface area contributed by atoms with Crippen molar-refractivity contribution in [3.63, 3.8) is 0 Å². The quantitative estimate of drug-likeness (QED) is 0.669. The summed E-state index contributed by atoms with van der Waals surface area (Å²) in [6, 6.07) is 12.3. The van der Waals surface area contributed by atoms with Crippen molar-refractivity contribution >= 4 is 17.9 Å². The molecule has 2 amide bonds. The summed E-state index contributed by atoms with van der Waals surface area (Å²) in [5.74, 6) is 0.572. The number of allylic oxidation sites excluding steroid dienone is 2. The number of ether oxygens (including phenoxy) is 1. The number of hydrogen-bond acceptors (Lipinski definition) is 4. The summed E-state index contributed by atoms with van der Waals surface area (Å²) in [7, 11) is 0. The molecule has 2 aliphatic carbocycles. The third kappa shape index (κ3) is 4.27. The Hall–Kier alpha value is -3.38. The molecule has 6 nitrogen and oxygen atoms in total. The van der Waals surface area contributed by atoms with E-state index in [2.05, 4.69) is 47.6 Å². The average Bonchev–Trinajstić information content (AvgIpc) is 3.57. The van der Waals surface area contributed by atoms with E-state index in [1.807, 2.05) is 18.2 Å². The van der Waals surface area contributed by atoms with E-state index in [1.54, 1.807) is 4.90 Å². The predicted octanol–water partition coefficient (Wildman–Crippen LogP) is 4.09. The maximum Gasteiger partial charge on any atom is 0.255 e. The highest BCUT2D eigenvalue weighted by atomic mass is 16.5. The fourth-order valence-electron chi connectivity index (χ4n) is 5.84. The van der Waals surface area contributed by atoms with Crippen molar-refractivity contribution in [2.24, 2.45) is 0 Å². The smallest absolute Gasteiger partial charge is 0.255 e. The number of nitrogens with zero attached hydrogens (tertiary/aromatic N) is 1. The van der Waals surface area contributed by atoms with Crippen LogP contribution in [0.3, 0.4) is 0 Å². The first-order chi connectivity index (χ1) is 17.0. The SMILES string of the molecule is C=C1CCC(N2Cc3cc(OC4CCCC4NCc4ccc5c(c4)C=CC5)ccc3C2=O)C(=O)N1. The number of carbonyl (C=O) groups excluding carboxylic acids is 2. The first-order valence-electron chi connectivity index (χ1n) is 12.7. The lowest BCUT2D eigenvalue weighted by atomic mass is 10.0. The van der Waals surface area contributed by atoms with E-state index in [4.69, 9.17) is 4.74 Å². The molecule has 0 aromatic heterocycles. The summed E-state index contributed by atoms with van der Waals surface area (Å²) < 4.78 is 6.43. The van der Waals surface area contributed by atoms with Gasteiger partial charge in [-0.05, 0) is 79.0 Å². The van der Waals surface area contributed by atoms with E-state index >= 15 is 0 Å². The number of fused-ring (bicyclic) bond motifs is 2. The second kappa shape index (κ2) is 9.00. The standard InChI is InChI=1S/C29H31N3O3/c1-18-8-13-26(28(33)31-18)32-17-22-15-23(11-12-24(22)29(32)34)35-27-7-3-6-25(27)30-16-19-9-10-20-4-2-5-21(20)14-19/h2,5,9-12,14-15,25-27,30H,1,3-4,6-8,13,16-17H2,(H,31,33). The van der Waals surface area contributed by atoms with Crippen LogP contribution in [0.5, 0.6) is 5.75 Å². The summed E-state index contributed by atoms with van der Waals surface area (Å²) in [6.07, 6.45) is 10.1. The average molecular weight is 470 g/mol. The Morgan fingerprint density at radius 3 is 2.89 bits per heavy atom. The molecule has 0 radical (unpaired) electrons. The largest absolute Gasteiger partial charge is 0.489 e. The van der Waals surface area contributed by atoms with Gasteiger partial charge in [0.05, 0.1) is 0 Å². The number of amides is 2. The van der Waals surface area contributed by atoms with Crippen LogP contribution in [0.25, 0.3) is 6.08 Å². The minimum atomic E-state index is -0.442. The van der Waals surface area contributed by atoms with Crippen molar-refractivity contribution in [1.82, 2.24) is 15.5 Å². The molecule has 2 aliphatic heterocycles. The second-order valence-electron chi connectivity index (χ2n) is 10.1. The normalized spacial score (nSPS) is 25.1. The van der Waals surface area contributed by atoms with E-state index in [-0.39, 0.29) is 17.9 Å². The Labute approximate surface area is 206 Å². The molecule has 4 aliphatic rings. The Balaban J connectivity index is 1.10. The summed E-state index contributed by atoms with van der Waals surface area (Å²) >= 11 is 0. The molecule has 3 unspecified atom stereocenters. The molecule has 3 atom stereocenters. The molecule has 2 aromatic carbocycles. The molecule has 1 saturated carbocycles. The van der Waals surface area contributed by atoms with Gasteiger partial charge in [0.2, 0.25) is 5.91 Å². The topological polar surface area (TPSA) is 70.7 Å². The van der Waals surface area contributed by atoms with Gasteiger partial charge in [-0.1, -0.05) is 36.9 Å². The van der Waals surface area contributed by atoms with Crippen LogP contribution in [0, 0.1) is 0 Å². The van der Waals surface area contributed by atoms with Crippen LogP contribution in [-0.2, 0) is 24.3 Å². The van der Waals surface area contributed by atoms with Crippen LogP contribution in [0.4, 0.5) is 0 Å². The minimum Gasteiger partial charge on any atom is -0.489 e. The lowest BCUT2D eigenvalue weighted by Gasteiger charge is -2.30. The number of hydrogen-bond donors (Lipinski definition) is 2. The van der Waals surface area contributed by atoms with Crippen LogP contribution < -0.4 is 15.4 Å². The van der Waals surface area contributed by atoms with Crippen molar-refractivity contribution < 1.29 is 14.3 Å². The van der Waals surface area contributed by atoms with E-state index in [0.717, 1.165) is 49.2 Å². The lowest BCUT2D eigenvalue weighted by Crippen LogP contribution is -2.49. The molecule has 0 bridgehead atoms. The van der Waals surface area contributed by atoms with Gasteiger partial charge in [0, 0.05) is 30.4 Å². The minimum absolute atomic E-state index is 0.0798. The number of carbonyl (C=O) groups is 2. The molecular weight excluding hydrogens is 438 g/mol. The van der Waals surface area contributed by atoms with Gasteiger partial charge in [0.1, 0.15) is 17.9 Å². The fraction of sp³-hybridized carbons (Fsp3) is 0.379. The molecular formula is C29H31N3O3. The predicted molar refractivity (Wildman–Crippen MR) is 135 cm³/mol. The summed E-state index contributed by atoms with van der Waals surface area (Å²) in [6.45, 7) is 5.10. The molecule has 2 heterocycles. The molecule has 35 heavy (non-hydrogen) atoms. The zero-order chi connectivity index (χ0) is 23.9. The first-order valence-corrected chi connectivity index (χ1v) is 12.7. The number of piperidine rings is 1. The fourth-order valence-corrected chi connectivity index (χ4v) is 5.84. The van der Waals surface area contributed by atoms with Gasteiger partial charge >= 0.3 is 0 Å². The highest BCUT2D eigenvalue weighted by molar-refractivity contribution is 6.01. The van der Waals surface area contributed by atoms with E-state index in [9.17, 15) is 9.59 Å². The van der Waals surface area contributed by atoms with Crippen molar-refractivity contribution in [1.29, 1.82) is 0 Å². The van der Waals surface area contributed by atoms with E-state index < -0.39 is 6.04 Å². The van der Waals surface area contributed by atoms with Crippen LogP contribution in [0.1, 0.15) is 64.7 Å². The van der Waals surface area contributed by atoms with Crippen LogP contribution in [0.15, 0.2) is 54.8 Å². The highest BCUT2D eigenvalue weighted by Crippen LogP contribution is 2.32. The Morgan fingerprint density at radius 1 is 1.09 bits per heavy atom. The van der Waals surface area contributed by atoms with Crippen LogP contribution in [0.2, 0.25) is 0 Å². The molecule has 1 saturated heterocycles. The molecule has 2 aromatic rings. The Bertz CT molecular complexity index is 1230. The maximum absolute atomic E-state index is 13.0. The maximum atomic E-state index is 13.0. The van der Waals surface area contributed by atoms with Crippen molar-refractivity contribution in [2.75, 3.05) is 0 Å². The third-order valence-corrected chi connectivity index (χ3v) is 7.76. The number of benzene rings is 2. The molecule has 2 N–H and O–H groups in total. The zero-order valence-corrected chi connectivity index (χ0v) is 19.9. The third-order valence-electron chi connectivity index (χ3n) is 7.76. The van der Waals surface area contributed by atoms with Gasteiger partial charge in [-0.3, -0.25) is 9.59 Å². The van der Waals surface area contributed by atoms with Gasteiger partial charge in [-0.15, -0.1) is 0 Å². The Morgan fingerprint density at radius 2 is 2.00 bits per heavy atom. The van der Waals surface area contributed by atoms with E-state index in [1.165, 1.54) is 16.7 Å². The second-order valence-corrected chi connectivity index (χ2v) is 10.1. The molecule has 6 heteroatoms. The number of nitrogens with one attached hydrogen (secondary N) is 2. The molecule has 180 valence electrons. The monoisotopic (exact) mass is 469 g/mol. The van der Waals surface area contributed by atoms with Crippen LogP contribution in [-0.4, -0.2) is 34.9 Å². The first kappa shape index (κ1) is 22.1. The summed E-state index contributed by atoms with van der Waals surface area (Å²) in [5, 5.41) is 6.51. The van der Waals surface area contributed by atoms with Crippen molar-refractivity contribution in [2.45, 2.75) is 69.8 Å². The lowest BCUT2D eigenvalue weighted by molar-refractivity contribution is -0.126. The summed E-state index contributed by atoms with van der Waals surface area (Å²) in [4.78, 5) is 27.1. The molecule has 0 spiro atoms.